The number of carbonyl (C=O) groups excluding carboxylic acids is 8. The van der Waals surface area contributed by atoms with Crippen LogP contribution in [0.25, 0.3) is 21.5 Å². The summed E-state index contributed by atoms with van der Waals surface area (Å²) in [6.07, 6.45) is 7.59. The third-order valence-electron chi connectivity index (χ3n) is 10.4. The molecule has 0 amide bonds. The van der Waals surface area contributed by atoms with Gasteiger partial charge in [0.25, 0.3) is 0 Å². The topological polar surface area (TPSA) is 190 Å². The van der Waals surface area contributed by atoms with Crippen LogP contribution in [-0.2, 0) is 0 Å². The second kappa shape index (κ2) is 36.3. The highest BCUT2D eigenvalue weighted by atomic mass is 35.5. The van der Waals surface area contributed by atoms with Crippen LogP contribution in [0.3, 0.4) is 0 Å². The smallest absolute Gasteiger partial charge is 0.185 e. The third kappa shape index (κ3) is 23.3. The fraction of sp³-hybridized carbons (Fsp3) is 0.0462. The first-order valence-electron chi connectivity index (χ1n) is 23.6. The summed E-state index contributed by atoms with van der Waals surface area (Å²) in [5.74, 6) is 1.07. The zero-order valence-corrected chi connectivity index (χ0v) is 43.9. The lowest BCUT2D eigenvalue weighted by Crippen LogP contribution is -1.87. The first-order valence-corrected chi connectivity index (χ1v) is 24.4. The van der Waals surface area contributed by atoms with E-state index >= 15 is 0 Å². The SMILES string of the molecule is CC(C)c1ccc(C=O)cc1.O=Cc1ccc(Cl)cc1.O=Cc1ccc2ccccc2c1.O=Cc1cccc(O)c1.O=Cc1cccc2ccccc12.O=Cc1ccccc1Cl.O=Cc1ccccc1O.O=Cc1ccco1. The van der Waals surface area contributed by atoms with Crippen molar-refractivity contribution in [3.63, 3.8) is 0 Å². The van der Waals surface area contributed by atoms with E-state index in [1.165, 1.54) is 35.4 Å². The molecular formula is C65H54Cl2O11. The summed E-state index contributed by atoms with van der Waals surface area (Å²) in [7, 11) is 0. The molecular weight excluding hydrogens is 1030 g/mol. The minimum absolute atomic E-state index is 0.0347. The van der Waals surface area contributed by atoms with Crippen molar-refractivity contribution in [2.24, 2.45) is 0 Å². The van der Waals surface area contributed by atoms with Gasteiger partial charge in [-0.25, -0.2) is 0 Å². The quantitative estimate of drug-likeness (QED) is 0.131. The molecule has 13 heteroatoms. The number of hydrogen-bond donors (Lipinski definition) is 2. The maximum absolute atomic E-state index is 10.6. The minimum atomic E-state index is 0.0347. The van der Waals surface area contributed by atoms with Crippen molar-refractivity contribution in [2.45, 2.75) is 19.8 Å². The Morgan fingerprint density at radius 3 is 1.36 bits per heavy atom. The van der Waals surface area contributed by atoms with Gasteiger partial charge in [-0.2, -0.15) is 0 Å². The summed E-state index contributed by atoms with van der Waals surface area (Å²) in [6, 6.07) is 64.5. The van der Waals surface area contributed by atoms with Crippen LogP contribution >= 0.6 is 23.2 Å². The Bertz CT molecular complexity index is 3370. The van der Waals surface area contributed by atoms with Crippen molar-refractivity contribution < 1.29 is 53.0 Å². The van der Waals surface area contributed by atoms with Crippen LogP contribution in [0.4, 0.5) is 0 Å². The Hall–Kier alpha value is -9.68. The van der Waals surface area contributed by atoms with Gasteiger partial charge in [0.1, 0.15) is 36.6 Å². The number of para-hydroxylation sites is 1. The van der Waals surface area contributed by atoms with Gasteiger partial charge in [-0.1, -0.05) is 195 Å². The number of fused-ring (bicyclic) bond motifs is 2. The molecule has 394 valence electrons. The molecule has 11 nitrogen and oxygen atoms in total. The monoisotopic (exact) mass is 1080 g/mol. The van der Waals surface area contributed by atoms with Crippen LogP contribution in [0.5, 0.6) is 11.5 Å². The molecule has 0 aliphatic heterocycles. The third-order valence-corrected chi connectivity index (χ3v) is 11.0. The van der Waals surface area contributed by atoms with Crippen LogP contribution in [0, 0.1) is 0 Å². The Balaban J connectivity index is 0.000000236. The molecule has 0 bridgehead atoms. The largest absolute Gasteiger partial charge is 0.508 e. The number of aldehydes is 8. The van der Waals surface area contributed by atoms with Crippen LogP contribution in [0.2, 0.25) is 10.0 Å². The normalized spacial score (nSPS) is 9.40. The molecule has 10 rings (SSSR count). The Morgan fingerprint density at radius 2 is 0.872 bits per heavy atom. The van der Waals surface area contributed by atoms with Crippen molar-refractivity contribution in [1.29, 1.82) is 0 Å². The summed E-state index contributed by atoms with van der Waals surface area (Å²) >= 11 is 11.1. The van der Waals surface area contributed by atoms with E-state index < -0.39 is 0 Å². The van der Waals surface area contributed by atoms with Gasteiger partial charge in [-0.05, 0) is 93.7 Å². The molecule has 9 aromatic carbocycles. The summed E-state index contributed by atoms with van der Waals surface area (Å²) in [4.78, 5) is 81.5. The first kappa shape index (κ1) is 62.6. The van der Waals surface area contributed by atoms with Gasteiger partial charge in [0.05, 0.1) is 16.8 Å². The highest BCUT2D eigenvalue weighted by Gasteiger charge is 1.99. The highest BCUT2D eigenvalue weighted by molar-refractivity contribution is 6.33. The maximum Gasteiger partial charge on any atom is 0.185 e. The summed E-state index contributed by atoms with van der Waals surface area (Å²) in [5, 5.41) is 23.2. The predicted octanol–water partition coefficient (Wildman–Crippen LogP) is 15.7. The van der Waals surface area contributed by atoms with Crippen LogP contribution < -0.4 is 0 Å². The molecule has 0 fully saturated rings. The van der Waals surface area contributed by atoms with Crippen molar-refractivity contribution in [3.8, 4) is 11.5 Å². The van der Waals surface area contributed by atoms with E-state index in [9.17, 15) is 38.4 Å². The summed E-state index contributed by atoms with van der Waals surface area (Å²) in [5.41, 5.74) is 5.53. The average Bonchev–Trinajstić information content (AvgIpc) is 4.04. The number of hydrogen-bond acceptors (Lipinski definition) is 11. The zero-order chi connectivity index (χ0) is 56.9. The molecule has 0 atom stereocenters. The summed E-state index contributed by atoms with van der Waals surface area (Å²) < 4.78 is 4.61. The van der Waals surface area contributed by atoms with Crippen molar-refractivity contribution in [3.05, 3.63) is 285 Å². The molecule has 10 aromatic rings. The van der Waals surface area contributed by atoms with Crippen LogP contribution in [0.15, 0.2) is 229 Å². The number of rotatable bonds is 9. The molecule has 1 aromatic heterocycles. The van der Waals surface area contributed by atoms with Gasteiger partial charge < -0.3 is 14.6 Å². The molecule has 0 saturated heterocycles. The van der Waals surface area contributed by atoms with E-state index in [-0.39, 0.29) is 11.5 Å². The highest BCUT2D eigenvalue weighted by Crippen LogP contribution is 2.18. The zero-order valence-electron chi connectivity index (χ0n) is 42.4. The molecule has 78 heavy (non-hydrogen) atoms. The van der Waals surface area contributed by atoms with E-state index in [2.05, 4.69) is 18.3 Å². The molecule has 0 spiro atoms. The Kier molecular flexibility index (Phi) is 29.1. The Morgan fingerprint density at radius 1 is 0.385 bits per heavy atom. The molecule has 0 saturated carbocycles. The molecule has 0 aliphatic carbocycles. The average molecular weight is 1080 g/mol. The van der Waals surface area contributed by atoms with Crippen molar-refractivity contribution >= 4 is 95.0 Å². The van der Waals surface area contributed by atoms with Crippen molar-refractivity contribution in [1.82, 2.24) is 0 Å². The van der Waals surface area contributed by atoms with Crippen LogP contribution in [0.1, 0.15) is 108 Å². The fourth-order valence-corrected chi connectivity index (χ4v) is 6.56. The molecule has 0 radical (unpaired) electrons. The first-order chi connectivity index (χ1) is 37.8. The number of halogens is 2. The molecule has 0 unspecified atom stereocenters. The number of furan rings is 1. The van der Waals surface area contributed by atoms with E-state index in [0.29, 0.717) is 62.8 Å². The lowest BCUT2D eigenvalue weighted by atomic mass is 10.0. The van der Waals surface area contributed by atoms with E-state index in [1.807, 2.05) is 109 Å². The lowest BCUT2D eigenvalue weighted by Gasteiger charge is -2.03. The predicted molar refractivity (Wildman–Crippen MR) is 309 cm³/mol. The maximum atomic E-state index is 10.6. The van der Waals surface area contributed by atoms with E-state index in [1.54, 1.807) is 91.0 Å². The summed E-state index contributed by atoms with van der Waals surface area (Å²) in [6.45, 7) is 4.27. The molecule has 1 heterocycles. The number of carbonyl (C=O) groups is 8. The number of phenolic OH excluding ortho intramolecular Hbond substituents is 2. The van der Waals surface area contributed by atoms with Gasteiger partial charge in [0, 0.05) is 38.4 Å². The molecule has 0 aliphatic rings. The number of phenols is 2. The Labute approximate surface area is 462 Å². The second-order valence-electron chi connectivity index (χ2n) is 16.2. The second-order valence-corrected chi connectivity index (χ2v) is 17.0. The minimum Gasteiger partial charge on any atom is -0.508 e. The van der Waals surface area contributed by atoms with Gasteiger partial charge >= 0.3 is 0 Å². The number of aromatic hydroxyl groups is 2. The fourth-order valence-electron chi connectivity index (χ4n) is 6.25. The van der Waals surface area contributed by atoms with Gasteiger partial charge in [-0.15, -0.1) is 0 Å². The van der Waals surface area contributed by atoms with E-state index in [4.69, 9.17) is 33.4 Å². The lowest BCUT2D eigenvalue weighted by molar-refractivity contribution is 0.109. The van der Waals surface area contributed by atoms with Crippen molar-refractivity contribution in [2.75, 3.05) is 0 Å². The van der Waals surface area contributed by atoms with Gasteiger partial charge in [0.2, 0.25) is 0 Å². The van der Waals surface area contributed by atoms with E-state index in [0.717, 1.165) is 64.3 Å². The molecule has 2 N–H and O–H groups in total. The van der Waals surface area contributed by atoms with Crippen LogP contribution in [-0.4, -0.2) is 60.5 Å². The number of benzene rings is 9. The van der Waals surface area contributed by atoms with Gasteiger partial charge in [-0.3, -0.25) is 38.4 Å². The van der Waals surface area contributed by atoms with Gasteiger partial charge in [0.15, 0.2) is 30.9 Å². The standard InChI is InChI=1S/2C11H8O.C10H12O.2C7H5ClO.2C7H6O2.C5H4O2/c12-8-10-6-3-5-9-4-1-2-7-11(9)10;12-8-9-5-6-10-3-1-2-4-11(10)7-9;1-8(2)10-5-3-9(7-11)4-6-10;8-7-3-1-6(5-9)2-4-7;8-7-4-2-1-3-6(7)5-9;8-5-6-2-1-3-7(9)4-6;8-5-6-3-1-2-4-7(6)9;6-4-5-2-1-3-7-5/h2*1-8H;3-8H,1-2H3;2*1-5H;2*1-5,9H;1-4H.